The lowest BCUT2D eigenvalue weighted by atomic mass is 9.68. The van der Waals surface area contributed by atoms with Gasteiger partial charge in [-0.05, 0) is 97.8 Å². The van der Waals surface area contributed by atoms with Crippen molar-refractivity contribution in [3.63, 3.8) is 0 Å². The highest BCUT2D eigenvalue weighted by Gasteiger charge is 2.34. The van der Waals surface area contributed by atoms with E-state index in [4.69, 9.17) is 0 Å². The fourth-order valence-corrected chi connectivity index (χ4v) is 6.41. The van der Waals surface area contributed by atoms with Crippen LogP contribution in [0.4, 0.5) is 0 Å². The minimum Gasteiger partial charge on any atom is -0.198 e. The van der Waals surface area contributed by atoms with Gasteiger partial charge in [-0.2, -0.15) is 5.26 Å². The van der Waals surface area contributed by atoms with Gasteiger partial charge in [-0.15, -0.1) is 0 Å². The molecule has 4 rings (SSSR count). The largest absolute Gasteiger partial charge is 0.198 e. The Morgan fingerprint density at radius 1 is 0.727 bits per heavy atom. The van der Waals surface area contributed by atoms with E-state index in [1.54, 1.807) is 5.56 Å². The molecule has 0 atom stereocenters. The normalized spacial score (nSPS) is 27.7. The summed E-state index contributed by atoms with van der Waals surface area (Å²) in [5, 5.41) is 9.56. The molecule has 176 valence electrons. The van der Waals surface area contributed by atoms with Gasteiger partial charge in [0.05, 0.1) is 11.5 Å². The van der Waals surface area contributed by atoms with Crippen molar-refractivity contribution in [2.75, 3.05) is 0 Å². The molecule has 33 heavy (non-hydrogen) atoms. The van der Waals surface area contributed by atoms with Crippen molar-refractivity contribution in [1.82, 2.24) is 0 Å². The van der Waals surface area contributed by atoms with Crippen LogP contribution in [0.3, 0.4) is 0 Å². The van der Waals surface area contributed by atoms with Gasteiger partial charge in [0.2, 0.25) is 0 Å². The second kappa shape index (κ2) is 11.4. The molecule has 2 aliphatic carbocycles. The fraction of sp³-hybridized carbons (Fsp3) is 0.594. The quantitative estimate of drug-likeness (QED) is 0.374. The first kappa shape index (κ1) is 24.1. The third-order valence-electron chi connectivity index (χ3n) is 9.02. The van der Waals surface area contributed by atoms with E-state index >= 15 is 0 Å². The van der Waals surface area contributed by atoms with Crippen molar-refractivity contribution in [2.24, 2.45) is 11.3 Å². The first-order chi connectivity index (χ1) is 16.2. The van der Waals surface area contributed by atoms with Gasteiger partial charge in [-0.1, -0.05) is 88.1 Å². The summed E-state index contributed by atoms with van der Waals surface area (Å²) in [6, 6.07) is 21.3. The molecule has 1 nitrogen and oxygen atoms in total. The van der Waals surface area contributed by atoms with Gasteiger partial charge < -0.3 is 0 Å². The summed E-state index contributed by atoms with van der Waals surface area (Å²) in [4.78, 5) is 0. The van der Waals surface area contributed by atoms with Crippen LogP contribution in [0.2, 0.25) is 0 Å². The Labute approximate surface area is 202 Å². The number of nitriles is 1. The highest BCUT2D eigenvalue weighted by Crippen LogP contribution is 2.45. The van der Waals surface area contributed by atoms with Gasteiger partial charge in [-0.3, -0.25) is 0 Å². The molecule has 0 unspecified atom stereocenters. The Kier molecular flexibility index (Phi) is 8.29. The minimum absolute atomic E-state index is 0.0630. The molecular weight excluding hydrogens is 398 g/mol. The summed E-state index contributed by atoms with van der Waals surface area (Å²) < 4.78 is 0. The SMILES string of the molecule is CCCCCC1CCC(c2ccc(-c3ccc(C4CCC(C#N)(CC)CC4)cc3)cc2)CC1. The number of hydrogen-bond donors (Lipinski definition) is 0. The molecule has 2 aromatic rings. The third-order valence-corrected chi connectivity index (χ3v) is 9.02. The molecule has 0 aromatic heterocycles. The van der Waals surface area contributed by atoms with Gasteiger partial charge in [0, 0.05) is 0 Å². The number of rotatable bonds is 8. The first-order valence-electron chi connectivity index (χ1n) is 13.8. The summed E-state index contributed by atoms with van der Waals surface area (Å²) in [7, 11) is 0. The molecule has 0 bridgehead atoms. The van der Waals surface area contributed by atoms with Gasteiger partial charge >= 0.3 is 0 Å². The lowest BCUT2D eigenvalue weighted by Gasteiger charge is -2.34. The van der Waals surface area contributed by atoms with Crippen LogP contribution in [0.15, 0.2) is 48.5 Å². The van der Waals surface area contributed by atoms with Crippen molar-refractivity contribution >= 4 is 0 Å². The topological polar surface area (TPSA) is 23.8 Å². The number of benzene rings is 2. The lowest BCUT2D eigenvalue weighted by molar-refractivity contribution is 0.238. The molecule has 0 amide bonds. The van der Waals surface area contributed by atoms with Crippen LogP contribution in [-0.4, -0.2) is 0 Å². The molecule has 0 spiro atoms. The second-order valence-corrected chi connectivity index (χ2v) is 11.0. The molecule has 0 saturated heterocycles. The summed E-state index contributed by atoms with van der Waals surface area (Å²) in [5.74, 6) is 2.36. The monoisotopic (exact) mass is 441 g/mol. The Morgan fingerprint density at radius 3 is 1.70 bits per heavy atom. The average molecular weight is 442 g/mol. The zero-order valence-corrected chi connectivity index (χ0v) is 21.0. The molecule has 0 aliphatic heterocycles. The molecule has 0 heterocycles. The molecule has 2 aliphatic rings. The second-order valence-electron chi connectivity index (χ2n) is 11.0. The van der Waals surface area contributed by atoms with E-state index < -0.39 is 0 Å². The van der Waals surface area contributed by atoms with Crippen LogP contribution < -0.4 is 0 Å². The molecule has 2 saturated carbocycles. The van der Waals surface area contributed by atoms with E-state index in [0.29, 0.717) is 5.92 Å². The minimum atomic E-state index is -0.0630. The maximum absolute atomic E-state index is 9.56. The van der Waals surface area contributed by atoms with E-state index in [9.17, 15) is 5.26 Å². The van der Waals surface area contributed by atoms with Crippen molar-refractivity contribution < 1.29 is 0 Å². The van der Waals surface area contributed by atoms with Crippen LogP contribution >= 0.6 is 0 Å². The summed E-state index contributed by atoms with van der Waals surface area (Å²) in [5.41, 5.74) is 5.58. The van der Waals surface area contributed by atoms with Gasteiger partial charge in [0.15, 0.2) is 0 Å². The van der Waals surface area contributed by atoms with Crippen LogP contribution in [0.25, 0.3) is 11.1 Å². The number of hydrogen-bond acceptors (Lipinski definition) is 1. The van der Waals surface area contributed by atoms with Gasteiger partial charge in [0.1, 0.15) is 0 Å². The number of unbranched alkanes of at least 4 members (excludes halogenated alkanes) is 2. The zero-order valence-electron chi connectivity index (χ0n) is 21.0. The van der Waals surface area contributed by atoms with Crippen molar-refractivity contribution in [1.29, 1.82) is 5.26 Å². The van der Waals surface area contributed by atoms with E-state index in [1.165, 1.54) is 68.1 Å². The standard InChI is InChI=1S/C32H43N/c1-3-5-6-7-25-8-10-26(11-9-25)27-12-14-28(15-13-27)29-16-18-30(19-17-29)31-20-22-32(4-2,24-33)23-21-31/h12-19,25-26,31H,3-11,20-23H2,1-2H3. The van der Waals surface area contributed by atoms with Crippen LogP contribution in [0.1, 0.15) is 120 Å². The molecule has 2 aromatic carbocycles. The lowest BCUT2D eigenvalue weighted by Crippen LogP contribution is -2.24. The fourth-order valence-electron chi connectivity index (χ4n) is 6.41. The summed E-state index contributed by atoms with van der Waals surface area (Å²) in [6.45, 7) is 4.47. The predicted molar refractivity (Wildman–Crippen MR) is 140 cm³/mol. The molecule has 0 radical (unpaired) electrons. The Morgan fingerprint density at radius 2 is 1.24 bits per heavy atom. The smallest absolute Gasteiger partial charge is 0.0689 e. The highest BCUT2D eigenvalue weighted by atomic mass is 14.4. The predicted octanol–water partition coefficient (Wildman–Crippen LogP) is 9.79. The van der Waals surface area contributed by atoms with E-state index in [1.807, 2.05) is 0 Å². The molecule has 2 fully saturated rings. The Bertz CT molecular complexity index is 885. The van der Waals surface area contributed by atoms with Crippen molar-refractivity contribution in [2.45, 2.75) is 109 Å². The van der Waals surface area contributed by atoms with Crippen LogP contribution in [0, 0.1) is 22.7 Å². The Balaban J connectivity index is 1.31. The summed E-state index contributed by atoms with van der Waals surface area (Å²) >= 11 is 0. The van der Waals surface area contributed by atoms with Crippen LogP contribution in [0.5, 0.6) is 0 Å². The third kappa shape index (κ3) is 5.90. The number of nitrogens with zero attached hydrogens (tertiary/aromatic N) is 1. The molecular formula is C32H43N. The highest BCUT2D eigenvalue weighted by molar-refractivity contribution is 5.64. The average Bonchev–Trinajstić information content (AvgIpc) is 2.90. The zero-order chi connectivity index (χ0) is 23.1. The van der Waals surface area contributed by atoms with E-state index in [2.05, 4.69) is 68.4 Å². The van der Waals surface area contributed by atoms with Crippen molar-refractivity contribution in [3.8, 4) is 17.2 Å². The van der Waals surface area contributed by atoms with E-state index in [-0.39, 0.29) is 5.41 Å². The van der Waals surface area contributed by atoms with Gasteiger partial charge in [0.25, 0.3) is 0 Å². The first-order valence-corrected chi connectivity index (χ1v) is 13.8. The molecule has 1 heteroatoms. The maximum atomic E-state index is 9.56. The maximum Gasteiger partial charge on any atom is 0.0689 e. The summed E-state index contributed by atoms with van der Waals surface area (Å²) in [6.07, 6.45) is 16.6. The van der Waals surface area contributed by atoms with Crippen LogP contribution in [-0.2, 0) is 0 Å². The van der Waals surface area contributed by atoms with Crippen molar-refractivity contribution in [3.05, 3.63) is 59.7 Å². The van der Waals surface area contributed by atoms with E-state index in [0.717, 1.165) is 43.9 Å². The Hall–Kier alpha value is -2.07. The molecule has 0 N–H and O–H groups in total. The van der Waals surface area contributed by atoms with Gasteiger partial charge in [-0.25, -0.2) is 0 Å².